The van der Waals surface area contributed by atoms with Crippen LogP contribution >= 0.6 is 23.2 Å². The van der Waals surface area contributed by atoms with Gasteiger partial charge in [-0.15, -0.1) is 0 Å². The topological polar surface area (TPSA) is 78.9 Å². The fourth-order valence-corrected chi connectivity index (χ4v) is 3.25. The van der Waals surface area contributed by atoms with Gasteiger partial charge in [0.2, 0.25) is 0 Å². The number of esters is 1. The van der Waals surface area contributed by atoms with Gasteiger partial charge in [0.1, 0.15) is 5.92 Å². The third kappa shape index (κ3) is 3.19. The SMILES string of the molecule is CCOC(=O)[C@H]1[C@@H](c2cccc(Cl)c2Cl)NC(=O)N(C)[C@]1(O)C(F)(F)F. The molecule has 1 heterocycles. The van der Waals surface area contributed by atoms with E-state index in [1.165, 1.54) is 25.1 Å². The van der Waals surface area contributed by atoms with Crippen LogP contribution in [0.4, 0.5) is 18.0 Å². The molecule has 0 aliphatic carbocycles. The first-order valence-corrected chi connectivity index (χ1v) is 8.16. The lowest BCUT2D eigenvalue weighted by molar-refractivity contribution is -0.328. The van der Waals surface area contributed by atoms with Gasteiger partial charge in [-0.1, -0.05) is 35.3 Å². The molecule has 26 heavy (non-hydrogen) atoms. The van der Waals surface area contributed by atoms with Gasteiger partial charge in [0, 0.05) is 7.05 Å². The number of aliphatic hydroxyl groups is 1. The standard InChI is InChI=1S/C15H15Cl2F3N2O4/c1-3-26-12(23)9-11(7-5-4-6-8(16)10(7)17)21-13(24)22(2)14(9,25)15(18,19)20/h4-6,9,11,25H,3H2,1-2H3,(H,21,24)/t9-,11-,14-/m1/s1. The number of halogens is 5. The molecule has 1 aliphatic rings. The number of alkyl halides is 3. The van der Waals surface area contributed by atoms with Crippen molar-refractivity contribution in [2.75, 3.05) is 13.7 Å². The molecule has 144 valence electrons. The van der Waals surface area contributed by atoms with Crippen LogP contribution < -0.4 is 5.32 Å². The van der Waals surface area contributed by atoms with Crippen molar-refractivity contribution in [1.29, 1.82) is 0 Å². The molecule has 2 N–H and O–H groups in total. The van der Waals surface area contributed by atoms with E-state index in [0.29, 0.717) is 0 Å². The Morgan fingerprint density at radius 3 is 2.58 bits per heavy atom. The lowest BCUT2D eigenvalue weighted by Crippen LogP contribution is -2.73. The minimum absolute atomic E-state index is 0.00972. The predicted molar refractivity (Wildman–Crippen MR) is 86.6 cm³/mol. The fraction of sp³-hybridized carbons (Fsp3) is 0.467. The molecule has 6 nitrogen and oxygen atoms in total. The van der Waals surface area contributed by atoms with Gasteiger partial charge in [0.05, 0.1) is 22.7 Å². The van der Waals surface area contributed by atoms with Gasteiger partial charge in [-0.2, -0.15) is 13.2 Å². The molecule has 0 unspecified atom stereocenters. The number of urea groups is 1. The maximum Gasteiger partial charge on any atom is 0.437 e. The molecule has 2 rings (SSSR count). The summed E-state index contributed by atoms with van der Waals surface area (Å²) in [5, 5.41) is 12.6. The summed E-state index contributed by atoms with van der Waals surface area (Å²) < 4.78 is 45.9. The van der Waals surface area contributed by atoms with Crippen molar-refractivity contribution in [2.45, 2.75) is 24.9 Å². The summed E-state index contributed by atoms with van der Waals surface area (Å²) in [7, 11) is 0.727. The molecule has 3 atom stereocenters. The molecule has 1 fully saturated rings. The van der Waals surface area contributed by atoms with Crippen molar-refractivity contribution in [3.63, 3.8) is 0 Å². The largest absolute Gasteiger partial charge is 0.466 e. The maximum atomic E-state index is 13.7. The summed E-state index contributed by atoms with van der Waals surface area (Å²) in [6, 6.07) is 1.22. The average Bonchev–Trinajstić information content (AvgIpc) is 2.54. The number of rotatable bonds is 3. The van der Waals surface area contributed by atoms with Crippen molar-refractivity contribution >= 4 is 35.2 Å². The van der Waals surface area contributed by atoms with Crippen LogP contribution in [-0.2, 0) is 9.53 Å². The Morgan fingerprint density at radius 1 is 1.42 bits per heavy atom. The Morgan fingerprint density at radius 2 is 2.04 bits per heavy atom. The quantitative estimate of drug-likeness (QED) is 0.744. The van der Waals surface area contributed by atoms with Crippen LogP contribution in [0.2, 0.25) is 10.0 Å². The number of hydrogen-bond donors (Lipinski definition) is 2. The minimum Gasteiger partial charge on any atom is -0.466 e. The number of hydrogen-bond acceptors (Lipinski definition) is 4. The second-order valence-corrected chi connectivity index (χ2v) is 6.37. The summed E-state index contributed by atoms with van der Waals surface area (Å²) >= 11 is 11.9. The lowest BCUT2D eigenvalue weighted by Gasteiger charge is -2.49. The Hall–Kier alpha value is -1.71. The van der Waals surface area contributed by atoms with E-state index in [2.05, 4.69) is 5.32 Å². The zero-order valence-electron chi connectivity index (χ0n) is 13.6. The summed E-state index contributed by atoms with van der Waals surface area (Å²) in [6.07, 6.45) is -5.35. The van der Waals surface area contributed by atoms with Gasteiger partial charge < -0.3 is 15.2 Å². The first-order chi connectivity index (χ1) is 12.0. The predicted octanol–water partition coefficient (Wildman–Crippen LogP) is 3.12. The monoisotopic (exact) mass is 414 g/mol. The number of carbonyl (C=O) groups is 2. The average molecular weight is 415 g/mol. The van der Waals surface area contributed by atoms with Crippen molar-refractivity contribution < 1.29 is 32.6 Å². The lowest BCUT2D eigenvalue weighted by atomic mass is 9.81. The van der Waals surface area contributed by atoms with E-state index >= 15 is 0 Å². The Kier molecular flexibility index (Phi) is 5.65. The van der Waals surface area contributed by atoms with Crippen LogP contribution in [0.25, 0.3) is 0 Å². The summed E-state index contributed by atoms with van der Waals surface area (Å²) in [5.41, 5.74) is -3.86. The highest BCUT2D eigenvalue weighted by Gasteiger charge is 2.70. The molecule has 2 amide bonds. The number of amides is 2. The van der Waals surface area contributed by atoms with Gasteiger partial charge in [0.15, 0.2) is 0 Å². The second-order valence-electron chi connectivity index (χ2n) is 5.58. The van der Waals surface area contributed by atoms with E-state index in [9.17, 15) is 27.9 Å². The van der Waals surface area contributed by atoms with Crippen LogP contribution in [0.3, 0.4) is 0 Å². The van der Waals surface area contributed by atoms with Gasteiger partial charge in [-0.05, 0) is 18.6 Å². The normalized spacial score (nSPS) is 26.5. The molecule has 1 aliphatic heterocycles. The van der Waals surface area contributed by atoms with Crippen LogP contribution in [0.5, 0.6) is 0 Å². The first-order valence-electron chi connectivity index (χ1n) is 7.40. The van der Waals surface area contributed by atoms with Crippen LogP contribution in [-0.4, -0.2) is 47.6 Å². The third-order valence-corrected chi connectivity index (χ3v) is 4.97. The van der Waals surface area contributed by atoms with Gasteiger partial charge in [-0.3, -0.25) is 9.69 Å². The molecular weight excluding hydrogens is 400 g/mol. The summed E-state index contributed by atoms with van der Waals surface area (Å²) in [5.74, 6) is -3.58. The number of carbonyl (C=O) groups excluding carboxylic acids is 2. The molecule has 1 saturated heterocycles. The summed E-state index contributed by atoms with van der Waals surface area (Å²) in [4.78, 5) is 24.5. The van der Waals surface area contributed by atoms with Crippen molar-refractivity contribution in [3.8, 4) is 0 Å². The van der Waals surface area contributed by atoms with E-state index < -0.39 is 35.9 Å². The Labute approximate surface area is 156 Å². The van der Waals surface area contributed by atoms with Crippen LogP contribution in [0, 0.1) is 5.92 Å². The molecular formula is C15H15Cl2F3N2O4. The summed E-state index contributed by atoms with van der Waals surface area (Å²) in [6.45, 7) is 1.17. The van der Waals surface area contributed by atoms with E-state index in [0.717, 1.165) is 7.05 Å². The molecule has 0 spiro atoms. The third-order valence-electron chi connectivity index (χ3n) is 4.14. The second kappa shape index (κ2) is 7.13. The van der Waals surface area contributed by atoms with E-state index in [-0.39, 0.29) is 27.1 Å². The van der Waals surface area contributed by atoms with Crippen molar-refractivity contribution in [1.82, 2.24) is 10.2 Å². The zero-order chi connectivity index (χ0) is 19.9. The highest BCUT2D eigenvalue weighted by atomic mass is 35.5. The number of ether oxygens (including phenoxy) is 1. The number of nitrogens with one attached hydrogen (secondary N) is 1. The van der Waals surface area contributed by atoms with E-state index in [4.69, 9.17) is 27.9 Å². The Balaban J connectivity index is 2.71. The Bertz CT molecular complexity index is 731. The van der Waals surface area contributed by atoms with Crippen molar-refractivity contribution in [2.24, 2.45) is 5.92 Å². The van der Waals surface area contributed by atoms with Crippen LogP contribution in [0.15, 0.2) is 18.2 Å². The van der Waals surface area contributed by atoms with E-state index in [1.54, 1.807) is 0 Å². The van der Waals surface area contributed by atoms with Gasteiger partial charge >= 0.3 is 18.2 Å². The first kappa shape index (κ1) is 20.6. The highest BCUT2D eigenvalue weighted by molar-refractivity contribution is 6.42. The van der Waals surface area contributed by atoms with Gasteiger partial charge in [-0.25, -0.2) is 4.79 Å². The number of benzene rings is 1. The molecule has 1 aromatic rings. The molecule has 0 saturated carbocycles. The minimum atomic E-state index is -5.35. The smallest absolute Gasteiger partial charge is 0.437 e. The van der Waals surface area contributed by atoms with E-state index in [1.807, 2.05) is 0 Å². The van der Waals surface area contributed by atoms with Crippen molar-refractivity contribution in [3.05, 3.63) is 33.8 Å². The number of nitrogens with zero attached hydrogens (tertiary/aromatic N) is 1. The van der Waals surface area contributed by atoms with Gasteiger partial charge in [0.25, 0.3) is 5.72 Å². The van der Waals surface area contributed by atoms with Crippen LogP contribution in [0.1, 0.15) is 18.5 Å². The fourth-order valence-electron chi connectivity index (χ4n) is 2.83. The maximum absolute atomic E-state index is 13.7. The molecule has 0 aromatic heterocycles. The molecule has 0 radical (unpaired) electrons. The highest BCUT2D eigenvalue weighted by Crippen LogP contribution is 2.48. The molecule has 1 aromatic carbocycles. The molecule has 0 bridgehead atoms. The molecule has 11 heteroatoms. The zero-order valence-corrected chi connectivity index (χ0v) is 15.1.